The quantitative estimate of drug-likeness (QED) is 0.785. The molecule has 0 amide bonds. The van der Waals surface area contributed by atoms with Gasteiger partial charge >= 0.3 is 0 Å². The minimum Gasteiger partial charge on any atom is -0.496 e. The zero-order valence-electron chi connectivity index (χ0n) is 11.2. The number of methoxy groups -OCH3 is 1. The maximum absolute atomic E-state index is 12.0. The number of sulfonamides is 1. The van der Waals surface area contributed by atoms with Crippen molar-refractivity contribution < 1.29 is 13.2 Å². The summed E-state index contributed by atoms with van der Waals surface area (Å²) in [5.41, 5.74) is 1.74. The highest BCUT2D eigenvalue weighted by Gasteiger charge is 2.37. The fourth-order valence-corrected chi connectivity index (χ4v) is 3.49. The Morgan fingerprint density at radius 2 is 1.83 bits per heavy atom. The van der Waals surface area contributed by atoms with Crippen molar-refractivity contribution >= 4 is 15.7 Å². The lowest BCUT2D eigenvalue weighted by molar-refractivity contribution is 0.408. The Bertz CT molecular complexity index is 637. The maximum atomic E-state index is 12.0. The SMILES string of the molecule is COc1c(C)ccc2c1C(C(C)(C)C)=NS2(=O)=O. The Kier molecular flexibility index (Phi) is 2.77. The van der Waals surface area contributed by atoms with Crippen molar-refractivity contribution in [2.24, 2.45) is 9.81 Å². The molecular formula is C13H17NO3S. The Morgan fingerprint density at radius 3 is 2.33 bits per heavy atom. The summed E-state index contributed by atoms with van der Waals surface area (Å²) in [6.45, 7) is 7.72. The number of ether oxygens (including phenoxy) is 1. The van der Waals surface area contributed by atoms with Crippen molar-refractivity contribution in [2.45, 2.75) is 32.6 Å². The minimum atomic E-state index is -3.58. The average Bonchev–Trinajstić information content (AvgIpc) is 2.50. The highest BCUT2D eigenvalue weighted by atomic mass is 32.2. The van der Waals surface area contributed by atoms with Crippen LogP contribution in [0.25, 0.3) is 0 Å². The van der Waals surface area contributed by atoms with Crippen LogP contribution in [0, 0.1) is 12.3 Å². The number of hydrogen-bond donors (Lipinski definition) is 0. The molecular weight excluding hydrogens is 250 g/mol. The van der Waals surface area contributed by atoms with Gasteiger partial charge in [0.1, 0.15) is 10.6 Å². The molecule has 98 valence electrons. The van der Waals surface area contributed by atoms with E-state index in [0.717, 1.165) is 5.56 Å². The van der Waals surface area contributed by atoms with Crippen molar-refractivity contribution in [3.05, 3.63) is 23.3 Å². The van der Waals surface area contributed by atoms with Crippen molar-refractivity contribution in [3.63, 3.8) is 0 Å². The Hall–Kier alpha value is -1.36. The molecule has 1 heterocycles. The van der Waals surface area contributed by atoms with E-state index in [1.165, 1.54) is 0 Å². The van der Waals surface area contributed by atoms with Crippen molar-refractivity contribution in [3.8, 4) is 5.75 Å². The van der Waals surface area contributed by atoms with Crippen molar-refractivity contribution in [2.75, 3.05) is 7.11 Å². The molecule has 18 heavy (non-hydrogen) atoms. The second-order valence-corrected chi connectivity index (χ2v) is 7.03. The van der Waals surface area contributed by atoms with Crippen LogP contribution in [0.3, 0.4) is 0 Å². The molecule has 0 aromatic heterocycles. The van der Waals surface area contributed by atoms with E-state index in [1.807, 2.05) is 27.7 Å². The Labute approximate surface area is 108 Å². The molecule has 0 radical (unpaired) electrons. The van der Waals surface area contributed by atoms with Crippen LogP contribution in [-0.2, 0) is 10.0 Å². The minimum absolute atomic E-state index is 0.245. The van der Waals surface area contributed by atoms with Gasteiger partial charge < -0.3 is 4.74 Å². The highest BCUT2D eigenvalue weighted by molar-refractivity contribution is 7.90. The first kappa shape index (κ1) is 13.1. The van der Waals surface area contributed by atoms with E-state index < -0.39 is 10.0 Å². The lowest BCUT2D eigenvalue weighted by Crippen LogP contribution is -2.20. The number of aryl methyl sites for hydroxylation is 1. The predicted octanol–water partition coefficient (Wildman–Crippen LogP) is 2.54. The average molecular weight is 267 g/mol. The van der Waals surface area contributed by atoms with Gasteiger partial charge in [-0.25, -0.2) is 0 Å². The summed E-state index contributed by atoms with van der Waals surface area (Å²) in [6, 6.07) is 3.35. The molecule has 1 aromatic carbocycles. The maximum Gasteiger partial charge on any atom is 0.283 e. The van der Waals surface area contributed by atoms with Gasteiger partial charge in [-0.2, -0.15) is 12.8 Å². The summed E-state index contributed by atoms with van der Waals surface area (Å²) in [7, 11) is -2.03. The zero-order chi connectivity index (χ0) is 13.7. The van der Waals surface area contributed by atoms with E-state index in [4.69, 9.17) is 4.74 Å². The molecule has 0 atom stereocenters. The summed E-state index contributed by atoms with van der Waals surface area (Å²) >= 11 is 0. The normalized spacial score (nSPS) is 17.3. The molecule has 4 nitrogen and oxygen atoms in total. The molecule has 0 aliphatic carbocycles. The first-order chi connectivity index (χ1) is 8.18. The topological polar surface area (TPSA) is 55.7 Å². The van der Waals surface area contributed by atoms with Crippen LogP contribution in [0.2, 0.25) is 0 Å². The molecule has 0 bridgehead atoms. The van der Waals surface area contributed by atoms with Crippen LogP contribution in [-0.4, -0.2) is 21.2 Å². The van der Waals surface area contributed by atoms with Crippen LogP contribution in [0.4, 0.5) is 0 Å². The van der Waals surface area contributed by atoms with Crippen molar-refractivity contribution in [1.82, 2.24) is 0 Å². The third kappa shape index (κ3) is 1.82. The van der Waals surface area contributed by atoms with Gasteiger partial charge in [0.2, 0.25) is 0 Å². The highest BCUT2D eigenvalue weighted by Crippen LogP contribution is 2.40. The first-order valence-electron chi connectivity index (χ1n) is 5.72. The molecule has 0 saturated heterocycles. The molecule has 0 N–H and O–H groups in total. The summed E-state index contributed by atoms with van der Waals surface area (Å²) < 4.78 is 33.4. The van der Waals surface area contributed by atoms with E-state index in [-0.39, 0.29) is 10.3 Å². The van der Waals surface area contributed by atoms with Gasteiger partial charge in [-0.15, -0.1) is 0 Å². The van der Waals surface area contributed by atoms with Gasteiger partial charge in [-0.3, -0.25) is 0 Å². The van der Waals surface area contributed by atoms with Gasteiger partial charge in [0.15, 0.2) is 0 Å². The largest absolute Gasteiger partial charge is 0.496 e. The monoisotopic (exact) mass is 267 g/mol. The predicted molar refractivity (Wildman–Crippen MR) is 70.9 cm³/mol. The summed E-state index contributed by atoms with van der Waals surface area (Å²) in [6.07, 6.45) is 0. The molecule has 1 aromatic rings. The van der Waals surface area contributed by atoms with E-state index in [1.54, 1.807) is 19.2 Å². The van der Waals surface area contributed by atoms with Crippen LogP contribution >= 0.6 is 0 Å². The van der Waals surface area contributed by atoms with Gasteiger partial charge in [-0.05, 0) is 18.6 Å². The Balaban J connectivity index is 2.86. The van der Waals surface area contributed by atoms with Gasteiger partial charge in [0.05, 0.1) is 18.4 Å². The van der Waals surface area contributed by atoms with E-state index in [2.05, 4.69) is 4.40 Å². The van der Waals surface area contributed by atoms with E-state index >= 15 is 0 Å². The summed E-state index contributed by atoms with van der Waals surface area (Å²) in [5, 5.41) is 0. The van der Waals surface area contributed by atoms with Gasteiger partial charge in [-0.1, -0.05) is 26.8 Å². The third-order valence-electron chi connectivity index (χ3n) is 2.96. The first-order valence-corrected chi connectivity index (χ1v) is 7.16. The number of hydrogen-bond acceptors (Lipinski definition) is 3. The van der Waals surface area contributed by atoms with Gasteiger partial charge in [0, 0.05) is 5.41 Å². The lowest BCUT2D eigenvalue weighted by Gasteiger charge is -2.20. The van der Waals surface area contributed by atoms with Crippen LogP contribution < -0.4 is 4.74 Å². The zero-order valence-corrected chi connectivity index (χ0v) is 12.1. The third-order valence-corrected chi connectivity index (χ3v) is 4.28. The standard InChI is InChI=1S/C13H17NO3S/c1-8-6-7-9-10(11(8)17-5)12(13(2,3)4)14-18(9,15)16/h6-7H,1-5H3. The fraction of sp³-hybridized carbons (Fsp3) is 0.462. The molecule has 0 fully saturated rings. The second kappa shape index (κ2) is 3.82. The van der Waals surface area contributed by atoms with Crippen LogP contribution in [0.15, 0.2) is 21.4 Å². The number of benzene rings is 1. The van der Waals surface area contributed by atoms with E-state index in [0.29, 0.717) is 17.0 Å². The molecule has 0 unspecified atom stereocenters. The Morgan fingerprint density at radius 1 is 1.22 bits per heavy atom. The number of fused-ring (bicyclic) bond motifs is 1. The van der Waals surface area contributed by atoms with Crippen molar-refractivity contribution in [1.29, 1.82) is 0 Å². The molecule has 1 aliphatic heterocycles. The molecule has 1 aliphatic rings. The van der Waals surface area contributed by atoms with Crippen LogP contribution in [0.1, 0.15) is 31.9 Å². The molecule has 0 saturated carbocycles. The molecule has 0 spiro atoms. The molecule has 2 rings (SSSR count). The molecule has 5 heteroatoms. The number of rotatable bonds is 1. The smallest absolute Gasteiger partial charge is 0.283 e. The summed E-state index contributed by atoms with van der Waals surface area (Å²) in [4.78, 5) is 0.245. The van der Waals surface area contributed by atoms with Crippen LogP contribution in [0.5, 0.6) is 5.75 Å². The summed E-state index contributed by atoms with van der Waals surface area (Å²) in [5.74, 6) is 0.599. The number of nitrogens with zero attached hydrogens (tertiary/aromatic N) is 1. The lowest BCUT2D eigenvalue weighted by atomic mass is 9.85. The second-order valence-electron chi connectivity index (χ2n) is 5.45. The van der Waals surface area contributed by atoms with E-state index in [9.17, 15) is 8.42 Å². The fourth-order valence-electron chi connectivity index (χ4n) is 2.10. The van der Waals surface area contributed by atoms with Gasteiger partial charge in [0.25, 0.3) is 10.0 Å².